The number of ether oxygens (including phenoxy) is 1. The van der Waals surface area contributed by atoms with E-state index in [1.165, 1.54) is 5.56 Å². The molecule has 1 fully saturated rings. The summed E-state index contributed by atoms with van der Waals surface area (Å²) < 4.78 is 5.48. The third-order valence-corrected chi connectivity index (χ3v) is 3.70. The van der Waals surface area contributed by atoms with Gasteiger partial charge >= 0.3 is 0 Å². The van der Waals surface area contributed by atoms with Crippen LogP contribution >= 0.6 is 24.0 Å². The van der Waals surface area contributed by atoms with E-state index >= 15 is 0 Å². The highest BCUT2D eigenvalue weighted by Gasteiger charge is 2.26. The van der Waals surface area contributed by atoms with Crippen molar-refractivity contribution in [1.82, 2.24) is 15.3 Å². The number of aromatic nitrogens is 2. The number of hydrogen-bond acceptors (Lipinski definition) is 5. The first-order chi connectivity index (χ1) is 8.75. The quantitative estimate of drug-likeness (QED) is 0.795. The molecule has 0 amide bonds. The molecule has 1 N–H and O–H groups in total. The van der Waals surface area contributed by atoms with Gasteiger partial charge in [-0.2, -0.15) is 0 Å². The molecule has 0 bridgehead atoms. The molecule has 1 aromatic heterocycles. The predicted molar refractivity (Wildman–Crippen MR) is 77.3 cm³/mol. The maximum atomic E-state index is 6.04. The SMILES string of the molecule is CC1COCCN1c1nc(Cl)nc2c1CCNC2.Cl. The molecule has 1 unspecified atom stereocenters. The smallest absolute Gasteiger partial charge is 0.224 e. The average Bonchev–Trinajstić information content (AvgIpc) is 2.38. The molecule has 0 saturated carbocycles. The fourth-order valence-corrected chi connectivity index (χ4v) is 2.77. The highest BCUT2D eigenvalue weighted by Crippen LogP contribution is 2.27. The van der Waals surface area contributed by atoms with Crippen LogP contribution in [0.1, 0.15) is 18.2 Å². The summed E-state index contributed by atoms with van der Waals surface area (Å²) in [4.78, 5) is 11.1. The van der Waals surface area contributed by atoms with Gasteiger partial charge in [-0.15, -0.1) is 12.4 Å². The van der Waals surface area contributed by atoms with E-state index in [-0.39, 0.29) is 12.4 Å². The van der Waals surface area contributed by atoms with Crippen molar-refractivity contribution in [2.75, 3.05) is 31.2 Å². The number of halogens is 2. The van der Waals surface area contributed by atoms with Crippen LogP contribution in [0.25, 0.3) is 0 Å². The third-order valence-electron chi connectivity index (χ3n) is 3.53. The number of hydrogen-bond donors (Lipinski definition) is 1. The molecular weight excluding hydrogens is 287 g/mol. The summed E-state index contributed by atoms with van der Waals surface area (Å²) >= 11 is 6.04. The van der Waals surface area contributed by atoms with Gasteiger partial charge < -0.3 is 15.0 Å². The van der Waals surface area contributed by atoms with Crippen molar-refractivity contribution in [2.45, 2.75) is 25.9 Å². The number of rotatable bonds is 1. The number of nitrogens with one attached hydrogen (secondary N) is 1. The summed E-state index contributed by atoms with van der Waals surface area (Å²) in [7, 11) is 0. The van der Waals surface area contributed by atoms with E-state index in [1.54, 1.807) is 0 Å². The monoisotopic (exact) mass is 304 g/mol. The molecule has 0 radical (unpaired) electrons. The van der Waals surface area contributed by atoms with Gasteiger partial charge in [-0.1, -0.05) is 0 Å². The van der Waals surface area contributed by atoms with Crippen LogP contribution in [0.5, 0.6) is 0 Å². The first kappa shape index (κ1) is 14.8. The topological polar surface area (TPSA) is 50.3 Å². The van der Waals surface area contributed by atoms with E-state index in [2.05, 4.69) is 27.1 Å². The molecule has 5 nitrogen and oxygen atoms in total. The van der Waals surface area contributed by atoms with E-state index in [0.29, 0.717) is 11.3 Å². The highest BCUT2D eigenvalue weighted by molar-refractivity contribution is 6.28. The fourth-order valence-electron chi connectivity index (χ4n) is 2.59. The molecule has 1 atom stereocenters. The molecule has 2 aliphatic heterocycles. The Bertz CT molecular complexity index is 458. The second-order valence-electron chi connectivity index (χ2n) is 4.79. The number of nitrogens with zero attached hydrogens (tertiary/aromatic N) is 3. The Labute approximate surface area is 124 Å². The van der Waals surface area contributed by atoms with Gasteiger partial charge in [0, 0.05) is 18.7 Å². The number of anilines is 1. The lowest BCUT2D eigenvalue weighted by molar-refractivity contribution is 0.0984. The van der Waals surface area contributed by atoms with Crippen molar-refractivity contribution >= 4 is 29.8 Å². The zero-order valence-corrected chi connectivity index (χ0v) is 12.4. The molecule has 1 aromatic rings. The molecule has 1 saturated heterocycles. The predicted octanol–water partition coefficient (Wildman–Crippen LogP) is 1.42. The van der Waals surface area contributed by atoms with Crippen molar-refractivity contribution in [3.8, 4) is 0 Å². The lowest BCUT2D eigenvalue weighted by atomic mass is 10.1. The Balaban J connectivity index is 0.00000133. The van der Waals surface area contributed by atoms with Crippen LogP contribution in [0.3, 0.4) is 0 Å². The summed E-state index contributed by atoms with van der Waals surface area (Å²) in [6.07, 6.45) is 0.964. The second-order valence-corrected chi connectivity index (χ2v) is 5.12. The van der Waals surface area contributed by atoms with Gasteiger partial charge in [0.1, 0.15) is 5.82 Å². The third kappa shape index (κ3) is 2.94. The molecule has 0 aliphatic carbocycles. The van der Waals surface area contributed by atoms with E-state index in [9.17, 15) is 0 Å². The van der Waals surface area contributed by atoms with Gasteiger partial charge in [0.15, 0.2) is 0 Å². The van der Waals surface area contributed by atoms with Crippen LogP contribution in [-0.2, 0) is 17.7 Å². The lowest BCUT2D eigenvalue weighted by Crippen LogP contribution is -2.45. The molecule has 106 valence electrons. The normalized spacial score (nSPS) is 22.6. The van der Waals surface area contributed by atoms with Crippen molar-refractivity contribution in [3.05, 3.63) is 16.5 Å². The second kappa shape index (κ2) is 6.22. The van der Waals surface area contributed by atoms with E-state index in [1.807, 2.05) is 0 Å². The Morgan fingerprint density at radius 1 is 1.42 bits per heavy atom. The van der Waals surface area contributed by atoms with Crippen molar-refractivity contribution in [3.63, 3.8) is 0 Å². The molecule has 7 heteroatoms. The van der Waals surface area contributed by atoms with E-state index in [0.717, 1.165) is 50.8 Å². The van der Waals surface area contributed by atoms with Crippen LogP contribution in [0.2, 0.25) is 5.28 Å². The van der Waals surface area contributed by atoms with Gasteiger partial charge in [0.05, 0.1) is 24.9 Å². The van der Waals surface area contributed by atoms with Crippen molar-refractivity contribution in [2.24, 2.45) is 0 Å². The van der Waals surface area contributed by atoms with Gasteiger partial charge in [-0.3, -0.25) is 0 Å². The summed E-state index contributed by atoms with van der Waals surface area (Å²) in [6, 6.07) is 0.337. The zero-order chi connectivity index (χ0) is 12.5. The van der Waals surface area contributed by atoms with Crippen molar-refractivity contribution in [1.29, 1.82) is 0 Å². The maximum Gasteiger partial charge on any atom is 0.224 e. The molecule has 2 aliphatic rings. The summed E-state index contributed by atoms with van der Waals surface area (Å²) in [5.41, 5.74) is 2.28. The van der Waals surface area contributed by atoms with Crippen LogP contribution in [-0.4, -0.2) is 42.3 Å². The van der Waals surface area contributed by atoms with Gasteiger partial charge in [0.2, 0.25) is 5.28 Å². The average molecular weight is 305 g/mol. The Morgan fingerprint density at radius 2 is 2.26 bits per heavy atom. The first-order valence-corrected chi connectivity index (χ1v) is 6.74. The van der Waals surface area contributed by atoms with Gasteiger partial charge in [0.25, 0.3) is 0 Å². The minimum Gasteiger partial charge on any atom is -0.377 e. The lowest BCUT2D eigenvalue weighted by Gasteiger charge is -2.36. The molecule has 3 heterocycles. The summed E-state index contributed by atoms with van der Waals surface area (Å²) in [6.45, 7) is 6.28. The largest absolute Gasteiger partial charge is 0.377 e. The standard InChI is InChI=1S/C12H17ClN4O.ClH/c1-8-7-18-5-4-17(8)11-9-2-3-14-6-10(9)15-12(13)16-11;/h8,14H,2-7H2,1H3;1H. The Morgan fingerprint density at radius 3 is 3.05 bits per heavy atom. The molecule has 19 heavy (non-hydrogen) atoms. The molecule has 0 spiro atoms. The molecule has 0 aromatic carbocycles. The number of fused-ring (bicyclic) bond motifs is 1. The molecular formula is C12H18Cl2N4O. The van der Waals surface area contributed by atoms with Gasteiger partial charge in [-0.05, 0) is 31.5 Å². The van der Waals surface area contributed by atoms with Crippen LogP contribution in [0.15, 0.2) is 0 Å². The first-order valence-electron chi connectivity index (χ1n) is 6.36. The van der Waals surface area contributed by atoms with Crippen LogP contribution in [0, 0.1) is 0 Å². The summed E-state index contributed by atoms with van der Waals surface area (Å²) in [5.74, 6) is 1.00. The summed E-state index contributed by atoms with van der Waals surface area (Å²) in [5, 5.41) is 3.66. The Kier molecular flexibility index (Phi) is 4.84. The maximum absolute atomic E-state index is 6.04. The van der Waals surface area contributed by atoms with E-state index < -0.39 is 0 Å². The van der Waals surface area contributed by atoms with Crippen molar-refractivity contribution < 1.29 is 4.74 Å². The van der Waals surface area contributed by atoms with Crippen LogP contribution in [0.4, 0.5) is 5.82 Å². The fraction of sp³-hybridized carbons (Fsp3) is 0.667. The van der Waals surface area contributed by atoms with E-state index in [4.69, 9.17) is 16.3 Å². The van der Waals surface area contributed by atoms with Crippen LogP contribution < -0.4 is 10.2 Å². The highest BCUT2D eigenvalue weighted by atomic mass is 35.5. The minimum atomic E-state index is 0. The zero-order valence-electron chi connectivity index (χ0n) is 10.9. The van der Waals surface area contributed by atoms with Gasteiger partial charge in [-0.25, -0.2) is 9.97 Å². The Hall–Kier alpha value is -0.620. The minimum absolute atomic E-state index is 0. The number of morpholine rings is 1. The molecule has 3 rings (SSSR count).